The number of nitrogens with two attached hydrogens (primary N) is 1. The first-order valence-electron chi connectivity index (χ1n) is 7.04. The lowest BCUT2D eigenvalue weighted by Gasteiger charge is -2.17. The van der Waals surface area contributed by atoms with E-state index in [1.165, 1.54) is 18.2 Å². The SMILES string of the molecule is NCC#Cc1ccc(F)c(C(=O)N2CCC(CCO)C2)c1. The van der Waals surface area contributed by atoms with Crippen molar-refractivity contribution in [1.29, 1.82) is 0 Å². The molecule has 5 heteroatoms. The lowest BCUT2D eigenvalue weighted by molar-refractivity contribution is 0.0780. The number of benzene rings is 1. The highest BCUT2D eigenvalue weighted by molar-refractivity contribution is 5.95. The van der Waals surface area contributed by atoms with Crippen LogP contribution in [0.4, 0.5) is 4.39 Å². The van der Waals surface area contributed by atoms with Crippen molar-refractivity contribution in [2.75, 3.05) is 26.2 Å². The molecule has 1 aliphatic heterocycles. The van der Waals surface area contributed by atoms with Gasteiger partial charge in [-0.15, -0.1) is 0 Å². The van der Waals surface area contributed by atoms with Gasteiger partial charge in [0.1, 0.15) is 5.82 Å². The third-order valence-electron chi connectivity index (χ3n) is 3.64. The molecule has 21 heavy (non-hydrogen) atoms. The van der Waals surface area contributed by atoms with Gasteiger partial charge in [0.15, 0.2) is 0 Å². The van der Waals surface area contributed by atoms with E-state index in [0.29, 0.717) is 31.0 Å². The maximum atomic E-state index is 13.9. The molecule has 1 heterocycles. The van der Waals surface area contributed by atoms with Crippen LogP contribution in [0.15, 0.2) is 18.2 Å². The molecule has 1 fully saturated rings. The van der Waals surface area contributed by atoms with Gasteiger partial charge < -0.3 is 15.7 Å². The molecule has 0 radical (unpaired) electrons. The quantitative estimate of drug-likeness (QED) is 0.816. The molecular weight excluding hydrogens is 271 g/mol. The van der Waals surface area contributed by atoms with Crippen LogP contribution in [0.2, 0.25) is 0 Å². The highest BCUT2D eigenvalue weighted by Gasteiger charge is 2.28. The summed E-state index contributed by atoms with van der Waals surface area (Å²) in [5, 5.41) is 8.94. The van der Waals surface area contributed by atoms with Crippen molar-refractivity contribution in [2.45, 2.75) is 12.8 Å². The van der Waals surface area contributed by atoms with E-state index in [0.717, 1.165) is 6.42 Å². The number of rotatable bonds is 3. The van der Waals surface area contributed by atoms with Crippen molar-refractivity contribution in [3.05, 3.63) is 35.1 Å². The van der Waals surface area contributed by atoms with Gasteiger partial charge in [0.05, 0.1) is 12.1 Å². The van der Waals surface area contributed by atoms with Gasteiger partial charge in [0.25, 0.3) is 5.91 Å². The zero-order valence-electron chi connectivity index (χ0n) is 11.8. The summed E-state index contributed by atoms with van der Waals surface area (Å²) in [7, 11) is 0. The van der Waals surface area contributed by atoms with Gasteiger partial charge in [0, 0.05) is 25.3 Å². The Kier molecular flexibility index (Phi) is 5.32. The first kappa shape index (κ1) is 15.5. The maximum absolute atomic E-state index is 13.9. The van der Waals surface area contributed by atoms with Gasteiger partial charge in [0.2, 0.25) is 0 Å². The number of carbonyl (C=O) groups excluding carboxylic acids is 1. The molecule has 2 rings (SSSR count). The van der Waals surface area contributed by atoms with Crippen molar-refractivity contribution < 1.29 is 14.3 Å². The van der Waals surface area contributed by atoms with E-state index in [9.17, 15) is 9.18 Å². The Labute approximate surface area is 123 Å². The zero-order valence-corrected chi connectivity index (χ0v) is 11.8. The highest BCUT2D eigenvalue weighted by Crippen LogP contribution is 2.22. The Hall–Kier alpha value is -1.90. The predicted molar refractivity (Wildman–Crippen MR) is 78.0 cm³/mol. The van der Waals surface area contributed by atoms with Gasteiger partial charge in [-0.05, 0) is 37.0 Å². The third-order valence-corrected chi connectivity index (χ3v) is 3.64. The molecule has 1 aliphatic rings. The molecule has 112 valence electrons. The molecule has 4 nitrogen and oxygen atoms in total. The fourth-order valence-electron chi connectivity index (χ4n) is 2.53. The molecule has 1 aromatic carbocycles. The lowest BCUT2D eigenvalue weighted by atomic mass is 10.1. The summed E-state index contributed by atoms with van der Waals surface area (Å²) in [4.78, 5) is 14.0. The van der Waals surface area contributed by atoms with E-state index >= 15 is 0 Å². The molecule has 0 bridgehead atoms. The van der Waals surface area contributed by atoms with Gasteiger partial charge in [-0.2, -0.15) is 0 Å². The molecule has 1 atom stereocenters. The number of carbonyl (C=O) groups is 1. The number of hydrogen-bond donors (Lipinski definition) is 2. The summed E-state index contributed by atoms with van der Waals surface area (Å²) in [6.07, 6.45) is 1.52. The first-order chi connectivity index (χ1) is 10.2. The zero-order chi connectivity index (χ0) is 15.2. The standard InChI is InChI=1S/C16H19FN2O2/c17-15-4-3-12(2-1-7-18)10-14(15)16(21)19-8-5-13(11-19)6-9-20/h3-4,10,13,20H,5-9,11,18H2. The van der Waals surface area contributed by atoms with Crippen molar-refractivity contribution in [1.82, 2.24) is 4.90 Å². The van der Waals surface area contributed by atoms with E-state index < -0.39 is 5.82 Å². The second-order valence-electron chi connectivity index (χ2n) is 5.12. The van der Waals surface area contributed by atoms with Crippen molar-refractivity contribution in [3.63, 3.8) is 0 Å². The van der Waals surface area contributed by atoms with Crippen LogP contribution in [0.25, 0.3) is 0 Å². The van der Waals surface area contributed by atoms with E-state index in [1.807, 2.05) is 0 Å². The summed E-state index contributed by atoms with van der Waals surface area (Å²) in [6.45, 7) is 1.50. The monoisotopic (exact) mass is 290 g/mol. The van der Waals surface area contributed by atoms with Crippen LogP contribution in [0.5, 0.6) is 0 Å². The minimum atomic E-state index is -0.538. The Morgan fingerprint density at radius 2 is 2.33 bits per heavy atom. The highest BCUT2D eigenvalue weighted by atomic mass is 19.1. The van der Waals surface area contributed by atoms with E-state index in [-0.39, 0.29) is 24.6 Å². The number of likely N-dealkylation sites (tertiary alicyclic amines) is 1. The van der Waals surface area contributed by atoms with Crippen molar-refractivity contribution in [2.24, 2.45) is 11.7 Å². The summed E-state index contributed by atoms with van der Waals surface area (Å²) in [5.41, 5.74) is 5.93. The number of hydrogen-bond acceptors (Lipinski definition) is 3. The summed E-state index contributed by atoms with van der Waals surface area (Å²) < 4.78 is 13.9. The van der Waals surface area contributed by atoms with E-state index in [4.69, 9.17) is 10.8 Å². The number of aliphatic hydroxyl groups excluding tert-OH is 1. The molecule has 0 aromatic heterocycles. The van der Waals surface area contributed by atoms with Crippen molar-refractivity contribution >= 4 is 5.91 Å². The van der Waals surface area contributed by atoms with Crippen LogP contribution in [-0.2, 0) is 0 Å². The number of amides is 1. The molecule has 1 amide bonds. The Morgan fingerprint density at radius 1 is 1.52 bits per heavy atom. The van der Waals surface area contributed by atoms with Crippen molar-refractivity contribution in [3.8, 4) is 11.8 Å². The average molecular weight is 290 g/mol. The van der Waals surface area contributed by atoms with Gasteiger partial charge in [-0.1, -0.05) is 11.8 Å². The van der Waals surface area contributed by atoms with Crippen LogP contribution >= 0.6 is 0 Å². The van der Waals surface area contributed by atoms with Gasteiger partial charge >= 0.3 is 0 Å². The number of aliphatic hydroxyl groups is 1. The fraction of sp³-hybridized carbons (Fsp3) is 0.438. The second-order valence-corrected chi connectivity index (χ2v) is 5.12. The van der Waals surface area contributed by atoms with Crippen LogP contribution in [0, 0.1) is 23.6 Å². The normalized spacial score (nSPS) is 17.5. The summed E-state index contributed by atoms with van der Waals surface area (Å²) in [5.74, 6) is 4.93. The molecule has 0 saturated carbocycles. The molecule has 0 spiro atoms. The molecule has 1 aromatic rings. The van der Waals surface area contributed by atoms with Gasteiger partial charge in [-0.3, -0.25) is 4.79 Å². The molecular formula is C16H19FN2O2. The minimum Gasteiger partial charge on any atom is -0.396 e. The Bertz CT molecular complexity index is 577. The summed E-state index contributed by atoms with van der Waals surface area (Å²) in [6, 6.07) is 4.27. The van der Waals surface area contributed by atoms with Crippen LogP contribution in [0.3, 0.4) is 0 Å². The maximum Gasteiger partial charge on any atom is 0.256 e. The summed E-state index contributed by atoms with van der Waals surface area (Å²) >= 11 is 0. The van der Waals surface area contributed by atoms with Crippen LogP contribution in [-0.4, -0.2) is 42.2 Å². The van der Waals surface area contributed by atoms with Crippen LogP contribution in [0.1, 0.15) is 28.8 Å². The van der Waals surface area contributed by atoms with Crippen LogP contribution < -0.4 is 5.73 Å². The topological polar surface area (TPSA) is 66.6 Å². The average Bonchev–Trinajstić information content (AvgIpc) is 2.95. The molecule has 0 aliphatic carbocycles. The second kappa shape index (κ2) is 7.21. The number of nitrogens with zero attached hydrogens (tertiary/aromatic N) is 1. The molecule has 1 saturated heterocycles. The van der Waals surface area contributed by atoms with E-state index in [1.54, 1.807) is 4.90 Å². The first-order valence-corrected chi connectivity index (χ1v) is 7.04. The molecule has 1 unspecified atom stereocenters. The van der Waals surface area contributed by atoms with Gasteiger partial charge in [-0.25, -0.2) is 4.39 Å². The largest absolute Gasteiger partial charge is 0.396 e. The minimum absolute atomic E-state index is 0.0449. The number of halogens is 1. The Morgan fingerprint density at radius 3 is 3.05 bits per heavy atom. The Balaban J connectivity index is 2.15. The lowest BCUT2D eigenvalue weighted by Crippen LogP contribution is -2.29. The fourth-order valence-corrected chi connectivity index (χ4v) is 2.53. The molecule has 3 N–H and O–H groups in total. The predicted octanol–water partition coefficient (Wildman–Crippen LogP) is 0.980. The van der Waals surface area contributed by atoms with E-state index in [2.05, 4.69) is 11.8 Å². The third kappa shape index (κ3) is 3.81. The smallest absolute Gasteiger partial charge is 0.256 e.